The summed E-state index contributed by atoms with van der Waals surface area (Å²) in [6.07, 6.45) is 0. The summed E-state index contributed by atoms with van der Waals surface area (Å²) in [7, 11) is 3.67. The van der Waals surface area contributed by atoms with Crippen molar-refractivity contribution >= 4 is 26.8 Å². The third-order valence-electron chi connectivity index (χ3n) is 4.35. The van der Waals surface area contributed by atoms with Gasteiger partial charge in [-0.1, -0.05) is 28.1 Å². The number of hydrogen-bond donors (Lipinski definition) is 1. The number of nitrogens with zero attached hydrogens (tertiary/aromatic N) is 2. The molecule has 25 heavy (non-hydrogen) atoms. The number of fused-ring (bicyclic) bond motifs is 1. The molecule has 6 heteroatoms. The Kier molecular flexibility index (Phi) is 5.20. The van der Waals surface area contributed by atoms with Gasteiger partial charge in [-0.2, -0.15) is 0 Å². The summed E-state index contributed by atoms with van der Waals surface area (Å²) in [5.41, 5.74) is 1.66. The highest BCUT2D eigenvalue weighted by atomic mass is 79.9. The van der Waals surface area contributed by atoms with Crippen molar-refractivity contribution in [2.24, 2.45) is 0 Å². The minimum absolute atomic E-state index is 0.0546. The Balaban J connectivity index is 1.89. The lowest BCUT2D eigenvalue weighted by Crippen LogP contribution is -2.26. The quantitative estimate of drug-likeness (QED) is 0.704. The van der Waals surface area contributed by atoms with E-state index in [-0.39, 0.29) is 11.6 Å². The molecular weight excluding hydrogens is 382 g/mol. The molecule has 1 N–H and O–H groups in total. The van der Waals surface area contributed by atoms with E-state index in [0.29, 0.717) is 23.3 Å². The molecule has 0 spiro atoms. The first-order valence-corrected chi connectivity index (χ1v) is 8.80. The monoisotopic (exact) mass is 401 g/mol. The number of methoxy groups -OCH3 is 1. The topological polar surface area (TPSA) is 58.2 Å². The molecular formula is C19H20BrN3O2. The molecule has 0 radical (unpaired) electrons. The number of aromatic nitrogens is 2. The van der Waals surface area contributed by atoms with Crippen LogP contribution >= 0.6 is 15.9 Å². The normalized spacial score (nSPS) is 12.5. The van der Waals surface area contributed by atoms with E-state index in [2.05, 4.69) is 30.8 Å². The van der Waals surface area contributed by atoms with Gasteiger partial charge in [0.25, 0.3) is 5.56 Å². The van der Waals surface area contributed by atoms with E-state index in [1.54, 1.807) is 13.2 Å². The number of rotatable bonds is 5. The first-order valence-electron chi connectivity index (χ1n) is 8.01. The molecule has 0 aliphatic rings. The summed E-state index contributed by atoms with van der Waals surface area (Å²) >= 11 is 3.50. The van der Waals surface area contributed by atoms with E-state index in [1.165, 1.54) is 0 Å². The van der Waals surface area contributed by atoms with Gasteiger partial charge in [-0.15, -0.1) is 0 Å². The maximum atomic E-state index is 12.3. The number of nitrogens with one attached hydrogen (secondary N) is 1. The minimum Gasteiger partial charge on any atom is -0.496 e. The van der Waals surface area contributed by atoms with Crippen LogP contribution in [0, 0.1) is 0 Å². The van der Waals surface area contributed by atoms with Crippen molar-refractivity contribution in [2.75, 3.05) is 14.2 Å². The second-order valence-corrected chi connectivity index (χ2v) is 6.93. The van der Waals surface area contributed by atoms with Crippen molar-refractivity contribution < 1.29 is 4.74 Å². The molecule has 1 atom stereocenters. The van der Waals surface area contributed by atoms with Gasteiger partial charge in [0, 0.05) is 16.6 Å². The molecule has 5 nitrogen and oxygen atoms in total. The van der Waals surface area contributed by atoms with Gasteiger partial charge in [0.05, 0.1) is 24.1 Å². The van der Waals surface area contributed by atoms with Crippen molar-refractivity contribution in [3.8, 4) is 5.75 Å². The molecule has 0 saturated heterocycles. The highest BCUT2D eigenvalue weighted by Crippen LogP contribution is 2.26. The van der Waals surface area contributed by atoms with Crippen LogP contribution in [-0.4, -0.2) is 29.0 Å². The second-order valence-electron chi connectivity index (χ2n) is 6.02. The molecule has 0 fully saturated rings. The SMILES string of the molecule is COc1ccc(Br)cc1CN(C)[C@@H](C)c1nc2ccccc2c(=O)[nH]1. The van der Waals surface area contributed by atoms with Crippen LogP contribution in [0.2, 0.25) is 0 Å². The Morgan fingerprint density at radius 2 is 2.04 bits per heavy atom. The maximum Gasteiger partial charge on any atom is 0.258 e. The van der Waals surface area contributed by atoms with Crippen LogP contribution in [0.1, 0.15) is 24.4 Å². The predicted octanol–water partition coefficient (Wildman–Crippen LogP) is 3.89. The van der Waals surface area contributed by atoms with Crippen LogP contribution in [0.25, 0.3) is 10.9 Å². The lowest BCUT2D eigenvalue weighted by atomic mass is 10.1. The largest absolute Gasteiger partial charge is 0.496 e. The standard InChI is InChI=1S/C19H20BrN3O2/c1-12(18-21-16-7-5-4-6-15(16)19(24)22-18)23(2)11-13-10-14(20)8-9-17(13)25-3/h4-10,12H,11H2,1-3H3,(H,21,22,24)/t12-/m0/s1. The Labute approximate surface area is 154 Å². The smallest absolute Gasteiger partial charge is 0.258 e. The first-order chi connectivity index (χ1) is 12.0. The third-order valence-corrected chi connectivity index (χ3v) is 4.84. The van der Waals surface area contributed by atoms with Gasteiger partial charge >= 0.3 is 0 Å². The summed E-state index contributed by atoms with van der Waals surface area (Å²) in [4.78, 5) is 21.9. The van der Waals surface area contributed by atoms with Gasteiger partial charge in [-0.3, -0.25) is 9.69 Å². The minimum atomic E-state index is -0.110. The molecule has 3 aromatic rings. The number of benzene rings is 2. The fraction of sp³-hybridized carbons (Fsp3) is 0.263. The van der Waals surface area contributed by atoms with Gasteiger partial charge in [0.2, 0.25) is 0 Å². The number of halogens is 1. The van der Waals surface area contributed by atoms with Crippen LogP contribution in [0.4, 0.5) is 0 Å². The van der Waals surface area contributed by atoms with Gasteiger partial charge < -0.3 is 9.72 Å². The van der Waals surface area contributed by atoms with E-state index in [9.17, 15) is 4.79 Å². The van der Waals surface area contributed by atoms with Gasteiger partial charge in [-0.25, -0.2) is 4.98 Å². The number of aromatic amines is 1. The van der Waals surface area contributed by atoms with Crippen molar-refractivity contribution in [1.82, 2.24) is 14.9 Å². The summed E-state index contributed by atoms with van der Waals surface area (Å²) in [5, 5.41) is 0.606. The summed E-state index contributed by atoms with van der Waals surface area (Å²) in [5.74, 6) is 1.49. The summed E-state index contributed by atoms with van der Waals surface area (Å²) in [6.45, 7) is 2.69. The number of ether oxygens (including phenoxy) is 1. The summed E-state index contributed by atoms with van der Waals surface area (Å²) in [6, 6.07) is 13.2. The van der Waals surface area contributed by atoms with E-state index in [0.717, 1.165) is 15.8 Å². The molecule has 0 aliphatic carbocycles. The van der Waals surface area contributed by atoms with E-state index in [4.69, 9.17) is 4.74 Å². The first kappa shape index (κ1) is 17.6. The molecule has 0 bridgehead atoms. The zero-order valence-corrected chi connectivity index (χ0v) is 16.0. The van der Waals surface area contributed by atoms with E-state index >= 15 is 0 Å². The maximum absolute atomic E-state index is 12.3. The van der Waals surface area contributed by atoms with Gasteiger partial charge in [-0.05, 0) is 44.3 Å². The molecule has 0 saturated carbocycles. The van der Waals surface area contributed by atoms with Crippen molar-refractivity contribution in [1.29, 1.82) is 0 Å². The Hall–Kier alpha value is -2.18. The Bertz CT molecular complexity index is 955. The van der Waals surface area contributed by atoms with Crippen LogP contribution in [0.5, 0.6) is 5.75 Å². The van der Waals surface area contributed by atoms with Crippen molar-refractivity contribution in [2.45, 2.75) is 19.5 Å². The van der Waals surface area contributed by atoms with E-state index < -0.39 is 0 Å². The Morgan fingerprint density at radius 3 is 2.80 bits per heavy atom. The lowest BCUT2D eigenvalue weighted by molar-refractivity contribution is 0.240. The fourth-order valence-corrected chi connectivity index (χ4v) is 3.20. The molecule has 3 rings (SSSR count). The molecule has 2 aromatic carbocycles. The van der Waals surface area contributed by atoms with Crippen LogP contribution in [-0.2, 0) is 6.54 Å². The zero-order chi connectivity index (χ0) is 18.0. The van der Waals surface area contributed by atoms with Crippen molar-refractivity contribution in [3.05, 3.63) is 68.7 Å². The molecule has 0 aliphatic heterocycles. The molecule has 130 valence electrons. The highest BCUT2D eigenvalue weighted by Gasteiger charge is 2.17. The van der Waals surface area contributed by atoms with Crippen LogP contribution < -0.4 is 10.3 Å². The number of para-hydroxylation sites is 1. The van der Waals surface area contributed by atoms with Gasteiger partial charge in [0.15, 0.2) is 0 Å². The number of H-pyrrole nitrogens is 1. The zero-order valence-electron chi connectivity index (χ0n) is 14.4. The average molecular weight is 402 g/mol. The van der Waals surface area contributed by atoms with Crippen LogP contribution in [0.3, 0.4) is 0 Å². The molecule has 0 amide bonds. The second kappa shape index (κ2) is 7.37. The molecule has 0 unspecified atom stereocenters. The fourth-order valence-electron chi connectivity index (χ4n) is 2.79. The predicted molar refractivity (Wildman–Crippen MR) is 103 cm³/mol. The molecule has 1 heterocycles. The van der Waals surface area contributed by atoms with E-state index in [1.807, 2.05) is 50.4 Å². The average Bonchev–Trinajstić information content (AvgIpc) is 2.61. The third kappa shape index (κ3) is 3.75. The number of hydrogen-bond acceptors (Lipinski definition) is 4. The molecule has 1 aromatic heterocycles. The van der Waals surface area contributed by atoms with Gasteiger partial charge in [0.1, 0.15) is 11.6 Å². The van der Waals surface area contributed by atoms with Crippen molar-refractivity contribution in [3.63, 3.8) is 0 Å². The summed E-state index contributed by atoms with van der Waals surface area (Å²) < 4.78 is 6.44. The lowest BCUT2D eigenvalue weighted by Gasteiger charge is -2.25. The highest BCUT2D eigenvalue weighted by molar-refractivity contribution is 9.10. The Morgan fingerprint density at radius 1 is 1.28 bits per heavy atom. The van der Waals surface area contributed by atoms with Crippen LogP contribution in [0.15, 0.2) is 51.7 Å².